The van der Waals surface area contributed by atoms with E-state index in [4.69, 9.17) is 5.11 Å². The Bertz CT molecular complexity index is 505. The van der Waals surface area contributed by atoms with Crippen molar-refractivity contribution in [2.24, 2.45) is 0 Å². The van der Waals surface area contributed by atoms with Crippen molar-refractivity contribution in [3.8, 4) is 0 Å². The number of aryl methyl sites for hydroxylation is 1. The molecule has 1 aromatic heterocycles. The Kier molecular flexibility index (Phi) is 5.19. The van der Waals surface area contributed by atoms with E-state index in [1.807, 2.05) is 18.2 Å². The van der Waals surface area contributed by atoms with Gasteiger partial charge in [0.25, 0.3) is 0 Å². The van der Waals surface area contributed by atoms with Gasteiger partial charge in [-0.3, -0.25) is 0 Å². The van der Waals surface area contributed by atoms with E-state index in [0.717, 1.165) is 31.6 Å². The van der Waals surface area contributed by atoms with Crippen LogP contribution >= 0.6 is 0 Å². The first-order valence-electron chi connectivity index (χ1n) is 6.87. The van der Waals surface area contributed by atoms with Crippen LogP contribution in [0.25, 0.3) is 0 Å². The quantitative estimate of drug-likeness (QED) is 0.801. The molecular weight excluding hydrogens is 236 g/mol. The molecule has 0 unspecified atom stereocenters. The average molecular weight is 258 g/mol. The minimum atomic E-state index is 0.104. The molecule has 0 aliphatic heterocycles. The number of aliphatic hydroxyl groups is 1. The zero-order chi connectivity index (χ0) is 13.5. The maximum absolute atomic E-state index is 9.11. The lowest BCUT2D eigenvalue weighted by molar-refractivity contribution is 0.281. The van der Waals surface area contributed by atoms with Crippen molar-refractivity contribution in [1.82, 2.24) is 9.88 Å². The molecule has 102 valence electrons. The summed E-state index contributed by atoms with van der Waals surface area (Å²) in [6.45, 7) is 5.07. The molecule has 1 aromatic carbocycles. The van der Waals surface area contributed by atoms with Crippen LogP contribution in [-0.2, 0) is 26.2 Å². The van der Waals surface area contributed by atoms with Crippen LogP contribution < -0.4 is 5.32 Å². The summed E-state index contributed by atoms with van der Waals surface area (Å²) in [5.41, 5.74) is 3.49. The van der Waals surface area contributed by atoms with E-state index in [1.165, 1.54) is 11.3 Å². The number of nitrogens with zero attached hydrogens (tertiary/aromatic N) is 1. The summed E-state index contributed by atoms with van der Waals surface area (Å²) in [5, 5.41) is 12.6. The third-order valence-corrected chi connectivity index (χ3v) is 3.20. The molecule has 0 amide bonds. The van der Waals surface area contributed by atoms with Gasteiger partial charge in [0, 0.05) is 31.5 Å². The number of benzene rings is 1. The summed E-state index contributed by atoms with van der Waals surface area (Å²) in [7, 11) is 0. The van der Waals surface area contributed by atoms with Crippen LogP contribution in [0, 0.1) is 0 Å². The average Bonchev–Trinajstić information content (AvgIpc) is 2.87. The van der Waals surface area contributed by atoms with Crippen LogP contribution in [-0.4, -0.2) is 9.67 Å². The molecule has 0 saturated heterocycles. The Labute approximate surface area is 114 Å². The monoisotopic (exact) mass is 258 g/mol. The van der Waals surface area contributed by atoms with Gasteiger partial charge in [0.05, 0.1) is 6.61 Å². The highest BCUT2D eigenvalue weighted by atomic mass is 16.3. The Morgan fingerprint density at radius 2 is 1.95 bits per heavy atom. The largest absolute Gasteiger partial charge is 0.392 e. The molecule has 0 aliphatic carbocycles. The fraction of sp³-hybridized carbons (Fsp3) is 0.375. The van der Waals surface area contributed by atoms with Crippen molar-refractivity contribution in [3.63, 3.8) is 0 Å². The lowest BCUT2D eigenvalue weighted by Gasteiger charge is -2.09. The van der Waals surface area contributed by atoms with E-state index in [2.05, 4.69) is 41.2 Å². The van der Waals surface area contributed by atoms with Crippen LogP contribution in [0.15, 0.2) is 42.6 Å². The number of rotatable bonds is 7. The molecule has 1 heterocycles. The standard InChI is InChI=1S/C16H22N2O/c1-2-8-18-9-4-7-16(18)12-17-11-14-5-3-6-15(10-14)13-19/h3-7,9-10,17,19H,2,8,11-13H2,1H3. The second kappa shape index (κ2) is 7.12. The molecule has 3 nitrogen and oxygen atoms in total. The molecule has 19 heavy (non-hydrogen) atoms. The van der Waals surface area contributed by atoms with Crippen molar-refractivity contribution in [2.45, 2.75) is 39.6 Å². The molecule has 0 saturated carbocycles. The highest BCUT2D eigenvalue weighted by Crippen LogP contribution is 2.07. The molecule has 0 radical (unpaired) electrons. The Balaban J connectivity index is 1.87. The maximum atomic E-state index is 9.11. The second-order valence-electron chi connectivity index (χ2n) is 4.77. The lowest BCUT2D eigenvalue weighted by Crippen LogP contribution is -2.15. The summed E-state index contributed by atoms with van der Waals surface area (Å²) in [6.07, 6.45) is 3.28. The molecule has 2 N–H and O–H groups in total. The predicted octanol–water partition coefficient (Wildman–Crippen LogP) is 2.68. The van der Waals surface area contributed by atoms with E-state index in [1.54, 1.807) is 0 Å². The van der Waals surface area contributed by atoms with Crippen molar-refractivity contribution in [1.29, 1.82) is 0 Å². The van der Waals surface area contributed by atoms with Crippen LogP contribution in [0.1, 0.15) is 30.2 Å². The van der Waals surface area contributed by atoms with Crippen molar-refractivity contribution >= 4 is 0 Å². The first-order chi connectivity index (χ1) is 9.33. The summed E-state index contributed by atoms with van der Waals surface area (Å²) in [6, 6.07) is 12.3. The minimum absolute atomic E-state index is 0.104. The fourth-order valence-corrected chi connectivity index (χ4v) is 2.24. The molecular formula is C16H22N2O. The van der Waals surface area contributed by atoms with Gasteiger partial charge in [-0.05, 0) is 29.7 Å². The van der Waals surface area contributed by atoms with Crippen LogP contribution in [0.4, 0.5) is 0 Å². The minimum Gasteiger partial charge on any atom is -0.392 e. The fourth-order valence-electron chi connectivity index (χ4n) is 2.24. The van der Waals surface area contributed by atoms with Gasteiger partial charge in [-0.1, -0.05) is 31.2 Å². The maximum Gasteiger partial charge on any atom is 0.0681 e. The van der Waals surface area contributed by atoms with E-state index in [-0.39, 0.29) is 6.61 Å². The van der Waals surface area contributed by atoms with Gasteiger partial charge in [0.15, 0.2) is 0 Å². The number of hydrogen-bond acceptors (Lipinski definition) is 2. The highest BCUT2D eigenvalue weighted by Gasteiger charge is 2.00. The van der Waals surface area contributed by atoms with Gasteiger partial charge >= 0.3 is 0 Å². The SMILES string of the molecule is CCCn1cccc1CNCc1cccc(CO)c1. The Hall–Kier alpha value is -1.58. The number of nitrogens with one attached hydrogen (secondary N) is 1. The van der Waals surface area contributed by atoms with Crippen molar-refractivity contribution in [3.05, 3.63) is 59.4 Å². The van der Waals surface area contributed by atoms with Gasteiger partial charge in [0.2, 0.25) is 0 Å². The van der Waals surface area contributed by atoms with E-state index >= 15 is 0 Å². The van der Waals surface area contributed by atoms with Crippen LogP contribution in [0.3, 0.4) is 0 Å². The molecule has 0 atom stereocenters. The Morgan fingerprint density at radius 1 is 1.11 bits per heavy atom. The molecule has 3 heteroatoms. The summed E-state index contributed by atoms with van der Waals surface area (Å²) in [5.74, 6) is 0. The molecule has 0 bridgehead atoms. The van der Waals surface area contributed by atoms with E-state index < -0.39 is 0 Å². The summed E-state index contributed by atoms with van der Waals surface area (Å²) >= 11 is 0. The lowest BCUT2D eigenvalue weighted by atomic mass is 10.1. The molecule has 2 aromatic rings. The number of aliphatic hydroxyl groups excluding tert-OH is 1. The van der Waals surface area contributed by atoms with E-state index in [0.29, 0.717) is 0 Å². The first-order valence-corrected chi connectivity index (χ1v) is 6.87. The first kappa shape index (κ1) is 13.8. The van der Waals surface area contributed by atoms with Crippen LogP contribution in [0.2, 0.25) is 0 Å². The smallest absolute Gasteiger partial charge is 0.0681 e. The number of hydrogen-bond donors (Lipinski definition) is 2. The highest BCUT2D eigenvalue weighted by molar-refractivity contribution is 5.22. The molecule has 0 spiro atoms. The van der Waals surface area contributed by atoms with Crippen molar-refractivity contribution in [2.75, 3.05) is 0 Å². The van der Waals surface area contributed by atoms with Gasteiger partial charge in [-0.2, -0.15) is 0 Å². The molecule has 0 aliphatic rings. The third kappa shape index (κ3) is 3.94. The van der Waals surface area contributed by atoms with E-state index in [9.17, 15) is 0 Å². The van der Waals surface area contributed by atoms with Crippen LogP contribution in [0.5, 0.6) is 0 Å². The zero-order valence-electron chi connectivity index (χ0n) is 11.5. The summed E-state index contributed by atoms with van der Waals surface area (Å²) in [4.78, 5) is 0. The Morgan fingerprint density at radius 3 is 2.74 bits per heavy atom. The second-order valence-corrected chi connectivity index (χ2v) is 4.77. The van der Waals surface area contributed by atoms with Gasteiger partial charge in [0.1, 0.15) is 0 Å². The normalized spacial score (nSPS) is 10.8. The van der Waals surface area contributed by atoms with Gasteiger partial charge < -0.3 is 15.0 Å². The summed E-state index contributed by atoms with van der Waals surface area (Å²) < 4.78 is 2.29. The molecule has 0 fully saturated rings. The van der Waals surface area contributed by atoms with Gasteiger partial charge in [-0.15, -0.1) is 0 Å². The zero-order valence-corrected chi connectivity index (χ0v) is 11.5. The predicted molar refractivity (Wildman–Crippen MR) is 77.6 cm³/mol. The third-order valence-electron chi connectivity index (χ3n) is 3.20. The van der Waals surface area contributed by atoms with Crippen molar-refractivity contribution < 1.29 is 5.11 Å². The number of aromatic nitrogens is 1. The molecule has 2 rings (SSSR count). The van der Waals surface area contributed by atoms with Gasteiger partial charge in [-0.25, -0.2) is 0 Å². The topological polar surface area (TPSA) is 37.2 Å².